The van der Waals surface area contributed by atoms with Crippen molar-refractivity contribution in [2.45, 2.75) is 57.8 Å². The molecule has 0 radical (unpaired) electrons. The van der Waals surface area contributed by atoms with E-state index in [-0.39, 0.29) is 10.8 Å². The minimum atomic E-state index is -0.459. The number of benzene rings is 4. The average molecular weight is 563 g/mol. The second-order valence-corrected chi connectivity index (χ2v) is 13.3. The summed E-state index contributed by atoms with van der Waals surface area (Å²) in [6.07, 6.45) is 4.44. The lowest BCUT2D eigenvalue weighted by atomic mass is 9.80. The summed E-state index contributed by atoms with van der Waals surface area (Å²) in [4.78, 5) is 10.9. The Bertz CT molecular complexity index is 1800. The molecule has 0 saturated heterocycles. The van der Waals surface area contributed by atoms with Crippen LogP contribution in [0, 0.1) is 0 Å². The van der Waals surface area contributed by atoms with E-state index < -0.39 is 5.41 Å². The van der Waals surface area contributed by atoms with E-state index in [2.05, 4.69) is 172 Å². The van der Waals surface area contributed by atoms with E-state index in [1.54, 1.807) is 0 Å². The summed E-state index contributed by atoms with van der Waals surface area (Å²) in [5, 5.41) is 0. The van der Waals surface area contributed by atoms with E-state index >= 15 is 0 Å². The van der Waals surface area contributed by atoms with E-state index in [0.29, 0.717) is 0 Å². The zero-order chi connectivity index (χ0) is 30.0. The molecular weight excluding hydrogens is 524 g/mol. The molecule has 0 fully saturated rings. The molecule has 214 valence electrons. The maximum Gasteiger partial charge on any atom is 0.123 e. The standard InChI is InChI=1S/C39H38N4/c1-37(2)29-17-13-15-27(23-29)28-16-14-18-30(24-28)38(3,4)36-41-34(26-43(36)32-21-11-8-12-22-32)39(5,6)33-25-42(35(37)40-33)31-19-9-7-10-20-31/h7-26H,1-6H3. The molecule has 0 amide bonds. The fourth-order valence-corrected chi connectivity index (χ4v) is 6.38. The number of fused-ring (bicyclic) bond motifs is 9. The number of rotatable bonds is 2. The van der Waals surface area contributed by atoms with Crippen LogP contribution in [0.5, 0.6) is 0 Å². The second kappa shape index (κ2) is 9.67. The third-order valence-electron chi connectivity index (χ3n) is 9.38. The largest absolute Gasteiger partial charge is 0.303 e. The van der Waals surface area contributed by atoms with Gasteiger partial charge in [-0.25, -0.2) is 9.97 Å². The molecule has 4 aromatic carbocycles. The van der Waals surface area contributed by atoms with Crippen LogP contribution in [0.1, 0.15) is 75.7 Å². The smallest absolute Gasteiger partial charge is 0.123 e. The first-order valence-electron chi connectivity index (χ1n) is 15.1. The van der Waals surface area contributed by atoms with Crippen LogP contribution in [0.2, 0.25) is 0 Å². The van der Waals surface area contributed by atoms with Gasteiger partial charge in [-0.3, -0.25) is 0 Å². The van der Waals surface area contributed by atoms with E-state index in [0.717, 1.165) is 34.4 Å². The molecule has 7 rings (SSSR count). The number of aromatic nitrogens is 4. The summed E-state index contributed by atoms with van der Waals surface area (Å²) in [6.45, 7) is 13.6. The highest BCUT2D eigenvalue weighted by molar-refractivity contribution is 5.66. The zero-order valence-corrected chi connectivity index (χ0v) is 25.8. The van der Waals surface area contributed by atoms with Crippen molar-refractivity contribution in [3.63, 3.8) is 0 Å². The average Bonchev–Trinajstić information content (AvgIpc) is 3.70. The molecule has 0 aliphatic carbocycles. The Morgan fingerprint density at radius 2 is 0.837 bits per heavy atom. The molecule has 0 unspecified atom stereocenters. The van der Waals surface area contributed by atoms with E-state index in [9.17, 15) is 0 Å². The highest BCUT2D eigenvalue weighted by Gasteiger charge is 2.38. The fraction of sp³-hybridized carbons (Fsp3) is 0.231. The Kier molecular flexibility index (Phi) is 6.10. The Morgan fingerprint density at radius 1 is 0.442 bits per heavy atom. The predicted octanol–water partition coefficient (Wildman–Crippen LogP) is 9.02. The molecule has 0 atom stereocenters. The van der Waals surface area contributed by atoms with Gasteiger partial charge in [0.2, 0.25) is 0 Å². The topological polar surface area (TPSA) is 35.6 Å². The van der Waals surface area contributed by atoms with E-state index in [4.69, 9.17) is 9.97 Å². The molecule has 0 spiro atoms. The summed E-state index contributed by atoms with van der Waals surface area (Å²) in [7, 11) is 0. The van der Waals surface area contributed by atoms with Crippen LogP contribution in [0.15, 0.2) is 122 Å². The van der Waals surface area contributed by atoms with Gasteiger partial charge in [-0.1, -0.05) is 84.9 Å². The zero-order valence-electron chi connectivity index (χ0n) is 25.8. The van der Waals surface area contributed by atoms with Gasteiger partial charge in [-0.15, -0.1) is 0 Å². The number of hydrogen-bond donors (Lipinski definition) is 0. The van der Waals surface area contributed by atoms with Gasteiger partial charge in [-0.2, -0.15) is 0 Å². The molecule has 2 aromatic heterocycles. The van der Waals surface area contributed by atoms with Crippen LogP contribution in [0.3, 0.4) is 0 Å². The molecule has 4 heteroatoms. The number of imidazole rings is 2. The molecule has 8 bridgehead atoms. The molecule has 43 heavy (non-hydrogen) atoms. The van der Waals surface area contributed by atoms with Crippen LogP contribution >= 0.6 is 0 Å². The number of para-hydroxylation sites is 2. The lowest BCUT2D eigenvalue weighted by Crippen LogP contribution is -2.25. The molecule has 0 N–H and O–H groups in total. The van der Waals surface area contributed by atoms with Crippen LogP contribution in [-0.2, 0) is 16.2 Å². The first kappa shape index (κ1) is 27.2. The van der Waals surface area contributed by atoms with Crippen LogP contribution < -0.4 is 0 Å². The molecule has 1 aliphatic rings. The first-order valence-corrected chi connectivity index (χ1v) is 15.1. The molecule has 6 aromatic rings. The summed E-state index contributed by atoms with van der Waals surface area (Å²) >= 11 is 0. The molecule has 3 heterocycles. The van der Waals surface area contributed by atoms with Crippen molar-refractivity contribution in [2.75, 3.05) is 0 Å². The van der Waals surface area contributed by atoms with Gasteiger partial charge < -0.3 is 9.13 Å². The van der Waals surface area contributed by atoms with Crippen molar-refractivity contribution >= 4 is 0 Å². The SMILES string of the molecule is CC1(C)c2cn(-c3ccccc3)c(n2)C(C)(C)c2cccc(c2)-c2cccc(c2)C(C)(C)c2nc1cn2-c1ccccc1. The molecule has 1 aliphatic heterocycles. The van der Waals surface area contributed by atoms with E-state index in [1.165, 1.54) is 22.3 Å². The molecule has 4 nitrogen and oxygen atoms in total. The van der Waals surface area contributed by atoms with E-state index in [1.807, 2.05) is 0 Å². The van der Waals surface area contributed by atoms with Crippen molar-refractivity contribution in [3.8, 4) is 22.5 Å². The predicted molar refractivity (Wildman–Crippen MR) is 175 cm³/mol. The monoisotopic (exact) mass is 562 g/mol. The third kappa shape index (κ3) is 4.36. The van der Waals surface area contributed by atoms with Gasteiger partial charge >= 0.3 is 0 Å². The summed E-state index contributed by atoms with van der Waals surface area (Å²) in [5.41, 5.74) is 7.84. The van der Waals surface area contributed by atoms with Crippen molar-refractivity contribution < 1.29 is 0 Å². The summed E-state index contributed by atoms with van der Waals surface area (Å²) in [5.74, 6) is 2.01. The van der Waals surface area contributed by atoms with Crippen LogP contribution in [-0.4, -0.2) is 19.1 Å². The van der Waals surface area contributed by atoms with Gasteiger partial charge in [0.25, 0.3) is 0 Å². The number of nitrogens with zero attached hydrogens (tertiary/aromatic N) is 4. The maximum atomic E-state index is 5.47. The normalized spacial score (nSPS) is 16.2. The quantitative estimate of drug-likeness (QED) is 0.211. The maximum absolute atomic E-state index is 5.47. The Hall–Kier alpha value is -4.70. The summed E-state index contributed by atoms with van der Waals surface area (Å²) < 4.78 is 4.55. The third-order valence-corrected chi connectivity index (χ3v) is 9.38. The van der Waals surface area contributed by atoms with Gasteiger partial charge in [0.05, 0.1) is 16.8 Å². The minimum absolute atomic E-state index is 0.369. The number of hydrogen-bond acceptors (Lipinski definition) is 2. The van der Waals surface area contributed by atoms with Crippen molar-refractivity contribution in [2.24, 2.45) is 0 Å². The van der Waals surface area contributed by atoms with Gasteiger partial charge in [0.15, 0.2) is 0 Å². The van der Waals surface area contributed by atoms with Gasteiger partial charge in [0.1, 0.15) is 11.6 Å². The highest BCUT2D eigenvalue weighted by atomic mass is 15.1. The van der Waals surface area contributed by atoms with Gasteiger partial charge in [-0.05, 0) is 88.1 Å². The van der Waals surface area contributed by atoms with Crippen LogP contribution in [0.4, 0.5) is 0 Å². The Labute approximate surface area is 254 Å². The fourth-order valence-electron chi connectivity index (χ4n) is 6.38. The Morgan fingerprint density at radius 3 is 1.23 bits per heavy atom. The highest BCUT2D eigenvalue weighted by Crippen LogP contribution is 2.41. The van der Waals surface area contributed by atoms with Crippen molar-refractivity contribution in [3.05, 3.63) is 156 Å². The van der Waals surface area contributed by atoms with Crippen molar-refractivity contribution in [1.82, 2.24) is 19.1 Å². The lowest BCUT2D eigenvalue weighted by Gasteiger charge is -2.27. The molecular formula is C39H38N4. The van der Waals surface area contributed by atoms with Crippen molar-refractivity contribution in [1.29, 1.82) is 0 Å². The Balaban J connectivity index is 1.57. The van der Waals surface area contributed by atoms with Gasteiger partial charge in [0, 0.05) is 34.6 Å². The lowest BCUT2D eigenvalue weighted by molar-refractivity contribution is 0.557. The molecule has 0 saturated carbocycles. The summed E-state index contributed by atoms with van der Waals surface area (Å²) in [6, 6.07) is 39.0. The first-order chi connectivity index (χ1) is 20.6. The minimum Gasteiger partial charge on any atom is -0.303 e. The second-order valence-electron chi connectivity index (χ2n) is 13.3. The van der Waals surface area contributed by atoms with Crippen LogP contribution in [0.25, 0.3) is 22.5 Å².